The number of nitrogens with one attached hydrogen (secondary N) is 1. The van der Waals surface area contributed by atoms with Gasteiger partial charge in [-0.3, -0.25) is 9.52 Å². The van der Waals surface area contributed by atoms with E-state index in [2.05, 4.69) is 4.72 Å². The van der Waals surface area contributed by atoms with Gasteiger partial charge < -0.3 is 4.90 Å². The van der Waals surface area contributed by atoms with Crippen molar-refractivity contribution in [1.82, 2.24) is 0 Å². The molecule has 0 bridgehead atoms. The number of benzene rings is 1. The SMILES string of the molecule is CC(=O)N1CCc2ccc(NS(=O)(=O)c3ccc(Cl)s3)cc21. The predicted molar refractivity (Wildman–Crippen MR) is 88.3 cm³/mol. The number of hydrogen-bond acceptors (Lipinski definition) is 4. The molecule has 0 saturated heterocycles. The summed E-state index contributed by atoms with van der Waals surface area (Å²) in [5.74, 6) is -0.0520. The molecule has 5 nitrogen and oxygen atoms in total. The molecule has 2 aromatic rings. The lowest BCUT2D eigenvalue weighted by Crippen LogP contribution is -2.25. The van der Waals surface area contributed by atoms with Crippen LogP contribution in [0.1, 0.15) is 12.5 Å². The van der Waals surface area contributed by atoms with E-state index in [9.17, 15) is 13.2 Å². The molecule has 0 aliphatic carbocycles. The summed E-state index contributed by atoms with van der Waals surface area (Å²) < 4.78 is 27.7. The molecule has 1 aromatic carbocycles. The van der Waals surface area contributed by atoms with Crippen LogP contribution in [-0.4, -0.2) is 20.9 Å². The van der Waals surface area contributed by atoms with Crippen molar-refractivity contribution >= 4 is 50.2 Å². The number of hydrogen-bond donors (Lipinski definition) is 1. The van der Waals surface area contributed by atoms with Gasteiger partial charge in [0.2, 0.25) is 5.91 Å². The monoisotopic (exact) mass is 356 g/mol. The largest absolute Gasteiger partial charge is 0.312 e. The summed E-state index contributed by atoms with van der Waals surface area (Å²) in [7, 11) is -3.67. The number of rotatable bonds is 3. The normalized spacial score (nSPS) is 14.0. The van der Waals surface area contributed by atoms with Crippen molar-refractivity contribution in [2.75, 3.05) is 16.2 Å². The van der Waals surface area contributed by atoms with Crippen LogP contribution in [-0.2, 0) is 21.2 Å². The fourth-order valence-electron chi connectivity index (χ4n) is 2.42. The van der Waals surface area contributed by atoms with Gasteiger partial charge in [-0.25, -0.2) is 8.42 Å². The minimum Gasteiger partial charge on any atom is -0.312 e. The number of halogens is 1. The standard InChI is InChI=1S/C14H13ClN2O3S2/c1-9(18)17-7-6-10-2-3-11(8-12(10)17)16-22(19,20)14-5-4-13(15)21-14/h2-5,8,16H,6-7H2,1H3. The molecule has 0 radical (unpaired) electrons. The minimum atomic E-state index is -3.67. The maximum Gasteiger partial charge on any atom is 0.271 e. The van der Waals surface area contributed by atoms with Crippen molar-refractivity contribution in [1.29, 1.82) is 0 Å². The molecule has 116 valence electrons. The zero-order valence-corrected chi connectivity index (χ0v) is 14.1. The summed E-state index contributed by atoms with van der Waals surface area (Å²) >= 11 is 6.78. The zero-order valence-electron chi connectivity index (χ0n) is 11.7. The smallest absolute Gasteiger partial charge is 0.271 e. The fourth-order valence-corrected chi connectivity index (χ4v) is 4.95. The third-order valence-electron chi connectivity index (χ3n) is 3.43. The van der Waals surface area contributed by atoms with E-state index in [1.165, 1.54) is 13.0 Å². The molecule has 1 aliphatic rings. The average Bonchev–Trinajstić information content (AvgIpc) is 3.04. The van der Waals surface area contributed by atoms with E-state index in [-0.39, 0.29) is 10.1 Å². The molecule has 2 heterocycles. The van der Waals surface area contributed by atoms with Crippen LogP contribution in [0.25, 0.3) is 0 Å². The minimum absolute atomic E-state index is 0.0520. The summed E-state index contributed by atoms with van der Waals surface area (Å²) in [6, 6.07) is 8.24. The molecule has 1 aliphatic heterocycles. The topological polar surface area (TPSA) is 66.5 Å². The number of amides is 1. The van der Waals surface area contributed by atoms with Crippen LogP contribution in [0.5, 0.6) is 0 Å². The maximum absolute atomic E-state index is 12.3. The lowest BCUT2D eigenvalue weighted by atomic mass is 10.1. The Balaban J connectivity index is 1.91. The van der Waals surface area contributed by atoms with Gasteiger partial charge in [0.25, 0.3) is 10.0 Å². The summed E-state index contributed by atoms with van der Waals surface area (Å²) in [6.07, 6.45) is 0.780. The van der Waals surface area contributed by atoms with Crippen LogP contribution in [0.15, 0.2) is 34.5 Å². The Kier molecular flexibility index (Phi) is 3.88. The lowest BCUT2D eigenvalue weighted by molar-refractivity contribution is -0.116. The molecule has 1 amide bonds. The molecule has 1 aromatic heterocycles. The Morgan fingerprint density at radius 1 is 1.32 bits per heavy atom. The molecule has 0 spiro atoms. The van der Waals surface area contributed by atoms with Gasteiger partial charge in [0.15, 0.2) is 0 Å². The van der Waals surface area contributed by atoms with E-state index in [0.717, 1.165) is 29.0 Å². The number of sulfonamides is 1. The highest BCUT2D eigenvalue weighted by atomic mass is 35.5. The summed E-state index contributed by atoms with van der Waals surface area (Å²) in [5.41, 5.74) is 2.23. The Morgan fingerprint density at radius 3 is 2.73 bits per heavy atom. The molecule has 0 fully saturated rings. The van der Waals surface area contributed by atoms with E-state index in [4.69, 9.17) is 11.6 Å². The van der Waals surface area contributed by atoms with Crippen LogP contribution in [0, 0.1) is 0 Å². The second kappa shape index (κ2) is 5.57. The molecule has 0 saturated carbocycles. The molecule has 0 atom stereocenters. The van der Waals surface area contributed by atoms with Crippen LogP contribution in [0.3, 0.4) is 0 Å². The van der Waals surface area contributed by atoms with Crippen molar-refractivity contribution in [2.45, 2.75) is 17.6 Å². The first kappa shape index (κ1) is 15.3. The second-order valence-corrected chi connectivity index (χ2v) is 8.55. The highest BCUT2D eigenvalue weighted by molar-refractivity contribution is 7.94. The Bertz CT molecular complexity index is 846. The molecule has 8 heteroatoms. The molecule has 1 N–H and O–H groups in total. The quantitative estimate of drug-likeness (QED) is 0.918. The first-order chi connectivity index (χ1) is 10.4. The first-order valence-electron chi connectivity index (χ1n) is 6.56. The average molecular weight is 357 g/mol. The van der Waals surface area contributed by atoms with Crippen molar-refractivity contribution in [3.63, 3.8) is 0 Å². The number of fused-ring (bicyclic) bond motifs is 1. The number of carbonyl (C=O) groups is 1. The van der Waals surface area contributed by atoms with Crippen molar-refractivity contribution in [2.24, 2.45) is 0 Å². The van der Waals surface area contributed by atoms with Gasteiger partial charge >= 0.3 is 0 Å². The Hall–Kier alpha value is -1.57. The van der Waals surface area contributed by atoms with Crippen LogP contribution in [0.4, 0.5) is 11.4 Å². The van der Waals surface area contributed by atoms with Gasteiger partial charge in [-0.1, -0.05) is 17.7 Å². The third-order valence-corrected chi connectivity index (χ3v) is 6.53. The van der Waals surface area contributed by atoms with E-state index in [0.29, 0.717) is 16.6 Å². The second-order valence-electron chi connectivity index (χ2n) is 4.93. The number of carbonyl (C=O) groups excluding carboxylic acids is 1. The van der Waals surface area contributed by atoms with Crippen molar-refractivity contribution in [3.8, 4) is 0 Å². The molecular formula is C14H13ClN2O3S2. The first-order valence-corrected chi connectivity index (χ1v) is 9.24. The van der Waals surface area contributed by atoms with Gasteiger partial charge in [-0.2, -0.15) is 0 Å². The van der Waals surface area contributed by atoms with Gasteiger partial charge in [-0.15, -0.1) is 11.3 Å². The van der Waals surface area contributed by atoms with E-state index in [1.54, 1.807) is 23.1 Å². The molecule has 0 unspecified atom stereocenters. The number of nitrogens with zero attached hydrogens (tertiary/aromatic N) is 1. The molecule has 22 heavy (non-hydrogen) atoms. The fraction of sp³-hybridized carbons (Fsp3) is 0.214. The highest BCUT2D eigenvalue weighted by Crippen LogP contribution is 2.32. The predicted octanol–water partition coefficient (Wildman–Crippen LogP) is 3.11. The number of thiophene rings is 1. The summed E-state index contributed by atoms with van der Waals surface area (Å²) in [5, 5.41) is 0. The lowest BCUT2D eigenvalue weighted by Gasteiger charge is -2.16. The van der Waals surface area contributed by atoms with E-state index < -0.39 is 10.0 Å². The van der Waals surface area contributed by atoms with Crippen molar-refractivity contribution < 1.29 is 13.2 Å². The van der Waals surface area contributed by atoms with Gasteiger partial charge in [0.05, 0.1) is 10.0 Å². The molecule has 3 rings (SSSR count). The van der Waals surface area contributed by atoms with Gasteiger partial charge in [0, 0.05) is 19.2 Å². The molecular weight excluding hydrogens is 344 g/mol. The van der Waals surface area contributed by atoms with Crippen LogP contribution in [0.2, 0.25) is 4.34 Å². The summed E-state index contributed by atoms with van der Waals surface area (Å²) in [4.78, 5) is 13.3. The van der Waals surface area contributed by atoms with E-state index >= 15 is 0 Å². The highest BCUT2D eigenvalue weighted by Gasteiger charge is 2.23. The third kappa shape index (κ3) is 2.84. The van der Waals surface area contributed by atoms with Crippen molar-refractivity contribution in [3.05, 3.63) is 40.2 Å². The Morgan fingerprint density at radius 2 is 2.09 bits per heavy atom. The zero-order chi connectivity index (χ0) is 15.9. The Labute approximate surface area is 137 Å². The van der Waals surface area contributed by atoms with Gasteiger partial charge in [0.1, 0.15) is 4.21 Å². The summed E-state index contributed by atoms with van der Waals surface area (Å²) in [6.45, 7) is 2.13. The van der Waals surface area contributed by atoms with Crippen LogP contribution >= 0.6 is 22.9 Å². The van der Waals surface area contributed by atoms with E-state index in [1.807, 2.05) is 6.07 Å². The number of anilines is 2. The van der Waals surface area contributed by atoms with Crippen LogP contribution < -0.4 is 9.62 Å². The maximum atomic E-state index is 12.3. The van der Waals surface area contributed by atoms with Gasteiger partial charge in [-0.05, 0) is 36.2 Å².